The minimum Gasteiger partial charge on any atom is -0.475 e. The molecule has 0 N–H and O–H groups in total. The normalized spacial score (nSPS) is 11.3. The van der Waals surface area contributed by atoms with Crippen LogP contribution in [0.1, 0.15) is 18.3 Å². The van der Waals surface area contributed by atoms with Gasteiger partial charge in [0.15, 0.2) is 0 Å². The lowest BCUT2D eigenvalue weighted by atomic mass is 10.1. The minimum absolute atomic E-state index is 0.206. The summed E-state index contributed by atoms with van der Waals surface area (Å²) in [6.07, 6.45) is 0. The predicted octanol–water partition coefficient (Wildman–Crippen LogP) is 4.88. The van der Waals surface area contributed by atoms with Gasteiger partial charge < -0.3 is 9.15 Å². The van der Waals surface area contributed by atoms with Gasteiger partial charge in [0.1, 0.15) is 11.3 Å². The lowest BCUT2D eigenvalue weighted by molar-refractivity contribution is 0.324. The third-order valence-electron chi connectivity index (χ3n) is 3.97. The van der Waals surface area contributed by atoms with Crippen LogP contribution in [0.5, 0.6) is 5.88 Å². The Balaban J connectivity index is 2.02. The Morgan fingerprint density at radius 2 is 1.92 bits per heavy atom. The summed E-state index contributed by atoms with van der Waals surface area (Å²) in [5.41, 5.74) is 4.64. The van der Waals surface area contributed by atoms with E-state index in [1.165, 1.54) is 0 Å². The number of aryl methyl sites for hydroxylation is 1. The molecular formula is C19H16ClN3O2. The van der Waals surface area contributed by atoms with Crippen molar-refractivity contribution < 1.29 is 9.15 Å². The molecule has 0 radical (unpaired) electrons. The fraction of sp³-hybridized carbons (Fsp3) is 0.211. The molecule has 0 amide bonds. The molecule has 4 aromatic rings. The molecule has 0 saturated heterocycles. The van der Waals surface area contributed by atoms with Gasteiger partial charge in [-0.15, -0.1) is 11.6 Å². The van der Waals surface area contributed by atoms with Crippen molar-refractivity contribution in [3.05, 3.63) is 47.8 Å². The number of hydrogen-bond donors (Lipinski definition) is 0. The zero-order valence-corrected chi connectivity index (χ0v) is 14.7. The molecule has 0 spiro atoms. The molecule has 6 heteroatoms. The fourth-order valence-corrected chi connectivity index (χ4v) is 3.01. The van der Waals surface area contributed by atoms with E-state index in [1.807, 2.05) is 50.2 Å². The number of pyridine rings is 1. The molecule has 1 aromatic carbocycles. The van der Waals surface area contributed by atoms with Crippen LogP contribution >= 0.6 is 11.6 Å². The molecule has 0 aliphatic carbocycles. The van der Waals surface area contributed by atoms with Crippen LogP contribution < -0.4 is 4.74 Å². The molecule has 5 nitrogen and oxygen atoms in total. The van der Waals surface area contributed by atoms with E-state index in [1.54, 1.807) is 0 Å². The minimum atomic E-state index is 0.206. The summed E-state index contributed by atoms with van der Waals surface area (Å²) in [6, 6.07) is 12.0. The maximum absolute atomic E-state index is 5.97. The standard InChI is InChI=1S/C19H16ClN3O2/c1-3-24-19-17-16(22-14(10-20)23-19)15-11(2)9-13(21-18(15)25-17)12-7-5-4-6-8-12/h4-9H,3,10H2,1-2H3. The summed E-state index contributed by atoms with van der Waals surface area (Å²) in [6.45, 7) is 4.40. The van der Waals surface area contributed by atoms with Gasteiger partial charge in [0.2, 0.25) is 11.3 Å². The van der Waals surface area contributed by atoms with E-state index < -0.39 is 0 Å². The molecule has 0 fully saturated rings. The Hall–Kier alpha value is -2.66. The zero-order chi connectivity index (χ0) is 17.4. The lowest BCUT2D eigenvalue weighted by Crippen LogP contribution is -1.99. The van der Waals surface area contributed by atoms with E-state index in [0.29, 0.717) is 35.1 Å². The molecule has 126 valence electrons. The van der Waals surface area contributed by atoms with E-state index in [9.17, 15) is 0 Å². The second-order valence-corrected chi connectivity index (χ2v) is 5.93. The van der Waals surface area contributed by atoms with Crippen LogP contribution in [-0.4, -0.2) is 21.6 Å². The Bertz CT molecular complexity index is 1060. The van der Waals surface area contributed by atoms with Crippen LogP contribution in [0.2, 0.25) is 0 Å². The number of aromatic nitrogens is 3. The first kappa shape index (κ1) is 15.8. The van der Waals surface area contributed by atoms with Crippen molar-refractivity contribution >= 4 is 33.8 Å². The van der Waals surface area contributed by atoms with Gasteiger partial charge >= 0.3 is 0 Å². The molecule has 0 aliphatic heterocycles. The van der Waals surface area contributed by atoms with E-state index in [-0.39, 0.29) is 5.88 Å². The van der Waals surface area contributed by atoms with Crippen molar-refractivity contribution in [1.82, 2.24) is 15.0 Å². The highest BCUT2D eigenvalue weighted by molar-refractivity contribution is 6.17. The summed E-state index contributed by atoms with van der Waals surface area (Å²) >= 11 is 5.94. The first-order valence-electron chi connectivity index (χ1n) is 8.06. The third kappa shape index (κ3) is 2.70. The first-order valence-corrected chi connectivity index (χ1v) is 8.59. The summed E-state index contributed by atoms with van der Waals surface area (Å²) in [4.78, 5) is 13.5. The van der Waals surface area contributed by atoms with E-state index in [4.69, 9.17) is 20.8 Å². The number of hydrogen-bond acceptors (Lipinski definition) is 5. The molecule has 0 atom stereocenters. The molecule has 4 rings (SSSR count). The summed E-state index contributed by atoms with van der Waals surface area (Å²) < 4.78 is 11.6. The Labute approximate surface area is 149 Å². The largest absolute Gasteiger partial charge is 0.475 e. The van der Waals surface area contributed by atoms with Crippen LogP contribution in [0.25, 0.3) is 33.5 Å². The number of nitrogens with zero attached hydrogens (tertiary/aromatic N) is 3. The van der Waals surface area contributed by atoms with Crippen LogP contribution in [0.15, 0.2) is 40.8 Å². The molecule has 3 heterocycles. The van der Waals surface area contributed by atoms with Crippen LogP contribution in [0.3, 0.4) is 0 Å². The highest BCUT2D eigenvalue weighted by Crippen LogP contribution is 2.35. The Morgan fingerprint density at radius 3 is 2.64 bits per heavy atom. The number of halogens is 1. The van der Waals surface area contributed by atoms with Gasteiger partial charge in [0.25, 0.3) is 5.88 Å². The van der Waals surface area contributed by atoms with Gasteiger partial charge in [-0.2, -0.15) is 4.98 Å². The number of rotatable bonds is 4. The second-order valence-electron chi connectivity index (χ2n) is 5.66. The van der Waals surface area contributed by atoms with Gasteiger partial charge in [-0.05, 0) is 25.5 Å². The molecule has 0 saturated carbocycles. The number of ether oxygens (including phenoxy) is 1. The highest BCUT2D eigenvalue weighted by atomic mass is 35.5. The average molecular weight is 354 g/mol. The highest BCUT2D eigenvalue weighted by Gasteiger charge is 2.19. The quantitative estimate of drug-likeness (QED) is 0.489. The monoisotopic (exact) mass is 353 g/mol. The van der Waals surface area contributed by atoms with E-state index in [2.05, 4.69) is 15.0 Å². The van der Waals surface area contributed by atoms with E-state index >= 15 is 0 Å². The van der Waals surface area contributed by atoms with Gasteiger partial charge in [-0.3, -0.25) is 0 Å². The van der Waals surface area contributed by atoms with Crippen molar-refractivity contribution in [2.75, 3.05) is 6.61 Å². The second kappa shape index (κ2) is 6.33. The van der Waals surface area contributed by atoms with Crippen LogP contribution in [-0.2, 0) is 5.88 Å². The summed E-state index contributed by atoms with van der Waals surface area (Å²) in [5.74, 6) is 1.12. The maximum Gasteiger partial charge on any atom is 0.261 e. The molecule has 0 unspecified atom stereocenters. The zero-order valence-electron chi connectivity index (χ0n) is 13.9. The average Bonchev–Trinajstić information content (AvgIpc) is 3.01. The molecule has 0 aliphatic rings. The SMILES string of the molecule is CCOc1nc(CCl)nc2c1oc1nc(-c3ccccc3)cc(C)c12. The smallest absolute Gasteiger partial charge is 0.261 e. The number of furan rings is 1. The first-order chi connectivity index (χ1) is 12.2. The van der Waals surface area contributed by atoms with Gasteiger partial charge in [-0.1, -0.05) is 30.3 Å². The summed E-state index contributed by atoms with van der Waals surface area (Å²) in [5, 5.41) is 0.865. The van der Waals surface area contributed by atoms with Gasteiger partial charge in [0.05, 0.1) is 23.6 Å². The number of benzene rings is 1. The van der Waals surface area contributed by atoms with Gasteiger partial charge in [-0.25, -0.2) is 9.97 Å². The van der Waals surface area contributed by atoms with Gasteiger partial charge in [0, 0.05) is 5.56 Å². The number of fused-ring (bicyclic) bond motifs is 3. The third-order valence-corrected chi connectivity index (χ3v) is 4.21. The van der Waals surface area contributed by atoms with Crippen molar-refractivity contribution in [1.29, 1.82) is 0 Å². The molecule has 3 aromatic heterocycles. The fourth-order valence-electron chi connectivity index (χ4n) is 2.89. The maximum atomic E-state index is 5.97. The van der Waals surface area contributed by atoms with Crippen molar-refractivity contribution in [3.8, 4) is 17.1 Å². The van der Waals surface area contributed by atoms with Crippen LogP contribution in [0, 0.1) is 6.92 Å². The molecule has 25 heavy (non-hydrogen) atoms. The summed E-state index contributed by atoms with van der Waals surface area (Å²) in [7, 11) is 0. The molecule has 0 bridgehead atoms. The van der Waals surface area contributed by atoms with Crippen molar-refractivity contribution in [3.63, 3.8) is 0 Å². The predicted molar refractivity (Wildman–Crippen MR) is 98.0 cm³/mol. The lowest BCUT2D eigenvalue weighted by Gasteiger charge is -2.04. The Kier molecular flexibility index (Phi) is 4.01. The molecular weight excluding hydrogens is 338 g/mol. The topological polar surface area (TPSA) is 61.0 Å². The Morgan fingerprint density at radius 1 is 1.12 bits per heavy atom. The van der Waals surface area contributed by atoms with E-state index in [0.717, 1.165) is 22.2 Å². The van der Waals surface area contributed by atoms with Crippen molar-refractivity contribution in [2.24, 2.45) is 0 Å². The van der Waals surface area contributed by atoms with Crippen molar-refractivity contribution in [2.45, 2.75) is 19.7 Å². The number of alkyl halides is 1. The van der Waals surface area contributed by atoms with Crippen LogP contribution in [0.4, 0.5) is 0 Å².